The lowest BCUT2D eigenvalue weighted by Gasteiger charge is -2.47. The maximum Gasteiger partial charge on any atom is 0.219 e. The minimum absolute atomic E-state index is 0.232. The van der Waals surface area contributed by atoms with Crippen LogP contribution in [-0.2, 0) is 11.3 Å². The Kier molecular flexibility index (Phi) is 4.08. The van der Waals surface area contributed by atoms with Crippen LogP contribution in [0.25, 0.3) is 0 Å². The Balaban J connectivity index is 1.59. The highest BCUT2D eigenvalue weighted by molar-refractivity contribution is 7.09. The van der Waals surface area contributed by atoms with Crippen molar-refractivity contribution in [3.05, 3.63) is 16.6 Å². The molecule has 4 nitrogen and oxygen atoms in total. The molecule has 2 aliphatic rings. The van der Waals surface area contributed by atoms with E-state index in [4.69, 9.17) is 0 Å². The van der Waals surface area contributed by atoms with Crippen LogP contribution in [-0.4, -0.2) is 46.9 Å². The summed E-state index contributed by atoms with van der Waals surface area (Å²) in [5.74, 6) is 0.232. The van der Waals surface area contributed by atoms with Crippen molar-refractivity contribution >= 4 is 17.2 Å². The van der Waals surface area contributed by atoms with Gasteiger partial charge in [-0.1, -0.05) is 0 Å². The molecule has 1 spiro atoms. The van der Waals surface area contributed by atoms with E-state index in [0.717, 1.165) is 19.6 Å². The molecule has 0 radical (unpaired) electrons. The summed E-state index contributed by atoms with van der Waals surface area (Å²) in [6.45, 7) is 6.94. The van der Waals surface area contributed by atoms with Gasteiger partial charge in [-0.3, -0.25) is 9.69 Å². The molecule has 0 aromatic carbocycles. The van der Waals surface area contributed by atoms with Gasteiger partial charge in [0.05, 0.1) is 6.54 Å². The molecular formula is C15H23N3OS. The zero-order valence-electron chi connectivity index (χ0n) is 12.2. The van der Waals surface area contributed by atoms with E-state index in [1.54, 1.807) is 18.3 Å². The van der Waals surface area contributed by atoms with Crippen molar-refractivity contribution in [2.45, 2.75) is 39.2 Å². The monoisotopic (exact) mass is 293 g/mol. The summed E-state index contributed by atoms with van der Waals surface area (Å²) < 4.78 is 0. The zero-order valence-corrected chi connectivity index (χ0v) is 13.0. The lowest BCUT2D eigenvalue weighted by molar-refractivity contribution is -0.131. The number of piperidine rings is 2. The Morgan fingerprint density at radius 3 is 2.80 bits per heavy atom. The van der Waals surface area contributed by atoms with E-state index in [1.807, 2.05) is 11.1 Å². The van der Waals surface area contributed by atoms with Crippen molar-refractivity contribution in [1.29, 1.82) is 0 Å². The molecule has 2 aliphatic heterocycles. The van der Waals surface area contributed by atoms with E-state index in [0.29, 0.717) is 5.41 Å². The quantitative estimate of drug-likeness (QED) is 0.840. The highest BCUT2D eigenvalue weighted by Gasteiger charge is 2.38. The van der Waals surface area contributed by atoms with Crippen LogP contribution in [0.3, 0.4) is 0 Å². The maximum atomic E-state index is 11.5. The molecule has 110 valence electrons. The van der Waals surface area contributed by atoms with Gasteiger partial charge in [0.25, 0.3) is 0 Å². The first-order valence-corrected chi connectivity index (χ1v) is 8.41. The molecule has 0 saturated carbocycles. The number of carbonyl (C=O) groups is 1. The molecule has 0 aliphatic carbocycles. The topological polar surface area (TPSA) is 36.4 Å². The lowest BCUT2D eigenvalue weighted by Crippen LogP contribution is -2.50. The van der Waals surface area contributed by atoms with Gasteiger partial charge in [-0.15, -0.1) is 11.3 Å². The molecule has 2 fully saturated rings. The van der Waals surface area contributed by atoms with Gasteiger partial charge in [-0.05, 0) is 37.6 Å². The van der Waals surface area contributed by atoms with Crippen molar-refractivity contribution in [1.82, 2.24) is 14.8 Å². The first-order valence-electron chi connectivity index (χ1n) is 7.53. The van der Waals surface area contributed by atoms with E-state index in [9.17, 15) is 4.79 Å². The second kappa shape index (κ2) is 5.82. The molecular weight excluding hydrogens is 270 g/mol. The molecule has 1 aromatic rings. The first kappa shape index (κ1) is 14.0. The number of rotatable bonds is 2. The standard InChI is InChI=1S/C15H23N3OS/c1-13(19)18-8-4-15(5-9-18)3-2-7-17(12-15)11-14-16-6-10-20-14/h6,10H,2-5,7-9,11-12H2,1H3. The predicted molar refractivity (Wildman–Crippen MR) is 80.5 cm³/mol. The number of thiazole rings is 1. The van der Waals surface area contributed by atoms with Gasteiger partial charge in [-0.25, -0.2) is 4.98 Å². The van der Waals surface area contributed by atoms with E-state index in [-0.39, 0.29) is 5.91 Å². The summed E-state index contributed by atoms with van der Waals surface area (Å²) >= 11 is 1.75. The minimum atomic E-state index is 0.232. The number of nitrogens with zero attached hydrogens (tertiary/aromatic N) is 3. The van der Waals surface area contributed by atoms with Crippen molar-refractivity contribution in [2.24, 2.45) is 5.41 Å². The third-order valence-electron chi connectivity index (χ3n) is 4.85. The SMILES string of the molecule is CC(=O)N1CCC2(CCCN(Cc3nccs3)C2)CC1. The number of amides is 1. The summed E-state index contributed by atoms with van der Waals surface area (Å²) in [5.41, 5.74) is 0.446. The minimum Gasteiger partial charge on any atom is -0.343 e. The van der Waals surface area contributed by atoms with E-state index >= 15 is 0 Å². The molecule has 2 saturated heterocycles. The van der Waals surface area contributed by atoms with Crippen LogP contribution in [0.4, 0.5) is 0 Å². The molecule has 0 atom stereocenters. The van der Waals surface area contributed by atoms with Crippen LogP contribution in [0.2, 0.25) is 0 Å². The highest BCUT2D eigenvalue weighted by atomic mass is 32.1. The van der Waals surface area contributed by atoms with Gasteiger partial charge in [-0.2, -0.15) is 0 Å². The van der Waals surface area contributed by atoms with Gasteiger partial charge >= 0.3 is 0 Å². The molecule has 3 rings (SSSR count). The number of aromatic nitrogens is 1. The maximum absolute atomic E-state index is 11.5. The molecule has 0 unspecified atom stereocenters. The third kappa shape index (κ3) is 3.04. The third-order valence-corrected chi connectivity index (χ3v) is 5.62. The molecule has 5 heteroatoms. The smallest absolute Gasteiger partial charge is 0.219 e. The zero-order chi connectivity index (χ0) is 14.0. The van der Waals surface area contributed by atoms with Crippen LogP contribution in [0, 0.1) is 5.41 Å². The largest absolute Gasteiger partial charge is 0.343 e. The van der Waals surface area contributed by atoms with Crippen LogP contribution in [0.5, 0.6) is 0 Å². The number of likely N-dealkylation sites (tertiary alicyclic amines) is 2. The van der Waals surface area contributed by atoms with Gasteiger partial charge in [0.2, 0.25) is 5.91 Å². The van der Waals surface area contributed by atoms with Gasteiger partial charge in [0, 0.05) is 38.1 Å². The molecule has 1 amide bonds. The van der Waals surface area contributed by atoms with Crippen LogP contribution < -0.4 is 0 Å². The van der Waals surface area contributed by atoms with Crippen molar-refractivity contribution in [3.8, 4) is 0 Å². The van der Waals surface area contributed by atoms with E-state index in [2.05, 4.69) is 15.3 Å². The number of hydrogen-bond acceptors (Lipinski definition) is 4. The molecule has 0 N–H and O–H groups in total. The van der Waals surface area contributed by atoms with Gasteiger partial charge in [0.15, 0.2) is 0 Å². The van der Waals surface area contributed by atoms with Crippen molar-refractivity contribution in [2.75, 3.05) is 26.2 Å². The summed E-state index contributed by atoms with van der Waals surface area (Å²) in [4.78, 5) is 20.4. The summed E-state index contributed by atoms with van der Waals surface area (Å²) in [6, 6.07) is 0. The summed E-state index contributed by atoms with van der Waals surface area (Å²) in [7, 11) is 0. The summed E-state index contributed by atoms with van der Waals surface area (Å²) in [6.07, 6.45) is 6.84. The molecule has 20 heavy (non-hydrogen) atoms. The molecule has 0 bridgehead atoms. The second-order valence-corrected chi connectivity index (χ2v) is 7.23. The van der Waals surface area contributed by atoms with Crippen LogP contribution in [0.1, 0.15) is 37.6 Å². The predicted octanol–water partition coefficient (Wildman–Crippen LogP) is 2.37. The van der Waals surface area contributed by atoms with Crippen LogP contribution >= 0.6 is 11.3 Å². The fourth-order valence-electron chi connectivity index (χ4n) is 3.67. The Labute approximate surface area is 124 Å². The lowest BCUT2D eigenvalue weighted by atomic mass is 9.72. The fourth-order valence-corrected chi connectivity index (χ4v) is 4.33. The van der Waals surface area contributed by atoms with Gasteiger partial charge < -0.3 is 4.90 Å². The van der Waals surface area contributed by atoms with E-state index in [1.165, 1.54) is 43.8 Å². The Bertz CT molecular complexity index is 452. The highest BCUT2D eigenvalue weighted by Crippen LogP contribution is 2.40. The van der Waals surface area contributed by atoms with Crippen LogP contribution in [0.15, 0.2) is 11.6 Å². The average molecular weight is 293 g/mol. The number of carbonyl (C=O) groups excluding carboxylic acids is 1. The Hall–Kier alpha value is -0.940. The average Bonchev–Trinajstić information content (AvgIpc) is 2.92. The number of hydrogen-bond donors (Lipinski definition) is 0. The molecule has 3 heterocycles. The normalized spacial score (nSPS) is 23.1. The fraction of sp³-hybridized carbons (Fsp3) is 0.733. The first-order chi connectivity index (χ1) is 9.67. The second-order valence-electron chi connectivity index (χ2n) is 6.25. The Morgan fingerprint density at radius 1 is 1.35 bits per heavy atom. The van der Waals surface area contributed by atoms with Crippen molar-refractivity contribution < 1.29 is 4.79 Å². The molecule has 1 aromatic heterocycles. The van der Waals surface area contributed by atoms with Crippen molar-refractivity contribution in [3.63, 3.8) is 0 Å². The Morgan fingerprint density at radius 2 is 2.15 bits per heavy atom. The van der Waals surface area contributed by atoms with Gasteiger partial charge in [0.1, 0.15) is 5.01 Å². The summed E-state index contributed by atoms with van der Waals surface area (Å²) in [5, 5.41) is 3.28. The van der Waals surface area contributed by atoms with E-state index < -0.39 is 0 Å².